The summed E-state index contributed by atoms with van der Waals surface area (Å²) in [6, 6.07) is 0.0373. The average Bonchev–Trinajstić information content (AvgIpc) is 2.98. The summed E-state index contributed by atoms with van der Waals surface area (Å²) in [5.74, 6) is 0.288. The molecule has 0 unspecified atom stereocenters. The quantitative estimate of drug-likeness (QED) is 0.503. The minimum Gasteiger partial charge on any atom is -0.383 e. The first-order valence-electron chi connectivity index (χ1n) is 7.42. The zero-order valence-corrected chi connectivity index (χ0v) is 14.9. The first-order chi connectivity index (χ1) is 11.4. The predicted molar refractivity (Wildman–Crippen MR) is 92.3 cm³/mol. The number of amides is 1. The lowest BCUT2D eigenvalue weighted by Gasteiger charge is -2.17. The number of hydrogen-bond donors (Lipinski definition) is 3. The number of ether oxygens (including phenoxy) is 1. The Bertz CT molecular complexity index is 746. The van der Waals surface area contributed by atoms with E-state index in [4.69, 9.17) is 17.0 Å². The molecule has 0 radical (unpaired) electrons. The lowest BCUT2D eigenvalue weighted by molar-refractivity contribution is -0.121. The second-order valence-electron chi connectivity index (χ2n) is 5.41. The van der Waals surface area contributed by atoms with E-state index in [1.807, 2.05) is 20.8 Å². The molecule has 0 aliphatic carbocycles. The largest absolute Gasteiger partial charge is 0.383 e. The Labute approximate surface area is 145 Å². The number of rotatable bonds is 5. The van der Waals surface area contributed by atoms with Gasteiger partial charge in [-0.25, -0.2) is 9.50 Å². The van der Waals surface area contributed by atoms with Gasteiger partial charge in [0.25, 0.3) is 5.78 Å². The molecule has 10 heteroatoms. The van der Waals surface area contributed by atoms with Gasteiger partial charge in [0.05, 0.1) is 13.0 Å². The molecular weight excluding hydrogens is 330 g/mol. The van der Waals surface area contributed by atoms with E-state index in [0.29, 0.717) is 17.5 Å². The molecule has 2 aromatic rings. The molecular formula is C14H21N7O2S. The van der Waals surface area contributed by atoms with Crippen molar-refractivity contribution in [2.45, 2.75) is 33.2 Å². The Hall–Kier alpha value is -2.33. The number of thiocarbonyl (C=S) groups is 1. The van der Waals surface area contributed by atoms with Crippen molar-refractivity contribution in [3.8, 4) is 0 Å². The third-order valence-corrected chi connectivity index (χ3v) is 3.66. The zero-order chi connectivity index (χ0) is 17.7. The number of aromatic nitrogens is 4. The van der Waals surface area contributed by atoms with Gasteiger partial charge in [0.15, 0.2) is 5.11 Å². The summed E-state index contributed by atoms with van der Waals surface area (Å²) < 4.78 is 6.62. The van der Waals surface area contributed by atoms with Crippen LogP contribution in [0.4, 0.5) is 0 Å². The van der Waals surface area contributed by atoms with Crippen molar-refractivity contribution in [2.24, 2.45) is 0 Å². The molecule has 130 valence electrons. The molecule has 0 bridgehead atoms. The maximum atomic E-state index is 12.1. The van der Waals surface area contributed by atoms with Crippen LogP contribution < -0.4 is 16.2 Å². The minimum absolute atomic E-state index is 0.0373. The van der Waals surface area contributed by atoms with Crippen LogP contribution in [0.1, 0.15) is 23.9 Å². The van der Waals surface area contributed by atoms with Crippen molar-refractivity contribution < 1.29 is 9.53 Å². The Morgan fingerprint density at radius 1 is 1.42 bits per heavy atom. The molecule has 0 spiro atoms. The fourth-order valence-electron chi connectivity index (χ4n) is 2.29. The maximum Gasteiger partial charge on any atom is 0.252 e. The molecule has 3 N–H and O–H groups in total. The maximum absolute atomic E-state index is 12.1. The fraction of sp³-hybridized carbons (Fsp3) is 0.500. The molecule has 0 fully saturated rings. The molecule has 24 heavy (non-hydrogen) atoms. The van der Waals surface area contributed by atoms with Crippen LogP contribution in [0, 0.1) is 13.8 Å². The molecule has 1 amide bonds. The molecule has 2 rings (SSSR count). The van der Waals surface area contributed by atoms with E-state index in [1.165, 1.54) is 6.33 Å². The fourth-order valence-corrected chi connectivity index (χ4v) is 2.55. The Morgan fingerprint density at radius 2 is 2.17 bits per heavy atom. The summed E-state index contributed by atoms with van der Waals surface area (Å²) in [6.07, 6.45) is 1.59. The van der Waals surface area contributed by atoms with Gasteiger partial charge < -0.3 is 10.1 Å². The topological polar surface area (TPSA) is 105 Å². The lowest BCUT2D eigenvalue weighted by Crippen LogP contribution is -2.50. The van der Waals surface area contributed by atoms with Gasteiger partial charge in [-0.05, 0) is 33.0 Å². The van der Waals surface area contributed by atoms with Crippen LogP contribution >= 0.6 is 12.2 Å². The highest BCUT2D eigenvalue weighted by molar-refractivity contribution is 7.80. The highest BCUT2D eigenvalue weighted by Crippen LogP contribution is 2.13. The summed E-state index contributed by atoms with van der Waals surface area (Å²) >= 11 is 5.10. The Kier molecular flexibility index (Phi) is 5.99. The first-order valence-corrected chi connectivity index (χ1v) is 7.83. The minimum atomic E-state index is -0.231. The third-order valence-electron chi connectivity index (χ3n) is 3.44. The number of carbonyl (C=O) groups excluding carboxylic acids is 1. The number of fused-ring (bicyclic) bond motifs is 1. The van der Waals surface area contributed by atoms with Crippen molar-refractivity contribution in [3.05, 3.63) is 23.3 Å². The number of hydrogen-bond acceptors (Lipinski definition) is 6. The van der Waals surface area contributed by atoms with Crippen LogP contribution in [0.25, 0.3) is 5.78 Å². The van der Waals surface area contributed by atoms with Gasteiger partial charge in [0.2, 0.25) is 5.91 Å². The standard InChI is InChI=1S/C14H21N7O2S/c1-8(6-23-4)17-14(24)20-19-12(22)5-11-9(2)18-13-15-7-16-21(13)10(11)3/h7-8H,5-6H2,1-4H3,(H,19,22)(H2,17,20,24)/t8-/m0/s1. The third kappa shape index (κ3) is 4.36. The summed E-state index contributed by atoms with van der Waals surface area (Å²) in [7, 11) is 1.61. The summed E-state index contributed by atoms with van der Waals surface area (Å²) in [6.45, 7) is 6.16. The first kappa shape index (κ1) is 18.0. The van der Waals surface area contributed by atoms with E-state index in [2.05, 4.69) is 31.2 Å². The van der Waals surface area contributed by atoms with Crippen LogP contribution in [0.3, 0.4) is 0 Å². The highest BCUT2D eigenvalue weighted by atomic mass is 32.1. The van der Waals surface area contributed by atoms with Gasteiger partial charge in [0, 0.05) is 30.1 Å². The van der Waals surface area contributed by atoms with Crippen LogP contribution in [-0.4, -0.2) is 50.4 Å². The van der Waals surface area contributed by atoms with Gasteiger partial charge in [0.1, 0.15) is 6.33 Å². The summed E-state index contributed by atoms with van der Waals surface area (Å²) in [4.78, 5) is 20.5. The molecule has 9 nitrogen and oxygen atoms in total. The molecule has 2 heterocycles. The van der Waals surface area contributed by atoms with Crippen LogP contribution in [0.2, 0.25) is 0 Å². The van der Waals surface area contributed by atoms with Crippen molar-refractivity contribution in [3.63, 3.8) is 0 Å². The number of nitrogens with zero attached hydrogens (tertiary/aromatic N) is 4. The summed E-state index contributed by atoms with van der Waals surface area (Å²) in [5.41, 5.74) is 7.63. The van der Waals surface area contributed by atoms with Crippen LogP contribution in [0.15, 0.2) is 6.33 Å². The van der Waals surface area contributed by atoms with E-state index < -0.39 is 0 Å². The van der Waals surface area contributed by atoms with Crippen LogP contribution in [-0.2, 0) is 16.0 Å². The van der Waals surface area contributed by atoms with Crippen LogP contribution in [0.5, 0.6) is 0 Å². The molecule has 2 aromatic heterocycles. The van der Waals surface area contributed by atoms with Gasteiger partial charge in [-0.3, -0.25) is 15.6 Å². The Morgan fingerprint density at radius 3 is 2.88 bits per heavy atom. The van der Waals surface area contributed by atoms with E-state index in [-0.39, 0.29) is 18.4 Å². The number of aryl methyl sites for hydroxylation is 2. The average molecular weight is 351 g/mol. The zero-order valence-electron chi connectivity index (χ0n) is 14.1. The SMILES string of the molecule is COC[C@H](C)NC(=S)NNC(=O)Cc1c(C)nc2ncnn2c1C. The molecule has 0 saturated carbocycles. The van der Waals surface area contributed by atoms with Crippen molar-refractivity contribution in [1.29, 1.82) is 0 Å². The molecule has 1 atom stereocenters. The number of hydrazine groups is 1. The monoisotopic (exact) mass is 351 g/mol. The van der Waals surface area contributed by atoms with Crippen molar-refractivity contribution in [2.75, 3.05) is 13.7 Å². The molecule has 0 saturated heterocycles. The number of carbonyl (C=O) groups is 1. The van der Waals surface area contributed by atoms with Crippen molar-refractivity contribution in [1.82, 2.24) is 35.8 Å². The Balaban J connectivity index is 1.94. The second-order valence-corrected chi connectivity index (χ2v) is 5.82. The van der Waals surface area contributed by atoms with E-state index in [0.717, 1.165) is 17.0 Å². The predicted octanol–water partition coefficient (Wildman–Crippen LogP) is -0.186. The second kappa shape index (κ2) is 7.97. The van der Waals surface area contributed by atoms with Crippen molar-refractivity contribution >= 4 is 29.0 Å². The molecule has 0 aliphatic rings. The van der Waals surface area contributed by atoms with Gasteiger partial charge in [-0.2, -0.15) is 10.1 Å². The molecule has 0 aromatic carbocycles. The number of methoxy groups -OCH3 is 1. The van der Waals surface area contributed by atoms with Gasteiger partial charge in [-0.15, -0.1) is 0 Å². The number of nitrogens with one attached hydrogen (secondary N) is 3. The smallest absolute Gasteiger partial charge is 0.252 e. The van der Waals surface area contributed by atoms with Gasteiger partial charge >= 0.3 is 0 Å². The lowest BCUT2D eigenvalue weighted by atomic mass is 10.1. The van der Waals surface area contributed by atoms with E-state index in [9.17, 15) is 4.79 Å². The normalized spacial score (nSPS) is 12.0. The van der Waals surface area contributed by atoms with E-state index in [1.54, 1.807) is 11.6 Å². The van der Waals surface area contributed by atoms with E-state index >= 15 is 0 Å². The molecule has 0 aliphatic heterocycles. The summed E-state index contributed by atoms with van der Waals surface area (Å²) in [5, 5.41) is 7.42. The van der Waals surface area contributed by atoms with Gasteiger partial charge in [-0.1, -0.05) is 0 Å². The highest BCUT2D eigenvalue weighted by Gasteiger charge is 2.14.